The zero-order valence-corrected chi connectivity index (χ0v) is 18.0. The summed E-state index contributed by atoms with van der Waals surface area (Å²) in [5.74, 6) is 0.429. The molecule has 30 heavy (non-hydrogen) atoms. The van der Waals surface area contributed by atoms with Crippen LogP contribution in [0, 0.1) is 0 Å². The van der Waals surface area contributed by atoms with E-state index in [0.29, 0.717) is 5.75 Å². The van der Waals surface area contributed by atoms with Crippen molar-refractivity contribution >= 4 is 39.0 Å². The Morgan fingerprint density at radius 3 is 2.40 bits per heavy atom. The number of nitrogens with one attached hydrogen (secondary N) is 1. The van der Waals surface area contributed by atoms with Crippen LogP contribution in [0.25, 0.3) is 6.08 Å². The average molecular weight is 449 g/mol. The Balaban J connectivity index is 1.65. The van der Waals surface area contributed by atoms with Gasteiger partial charge in [0, 0.05) is 13.1 Å². The van der Waals surface area contributed by atoms with Gasteiger partial charge in [0.05, 0.1) is 19.1 Å². The lowest BCUT2D eigenvalue weighted by Crippen LogP contribution is -2.37. The van der Waals surface area contributed by atoms with E-state index < -0.39 is 21.2 Å². The number of para-hydroxylation sites is 1. The van der Waals surface area contributed by atoms with Crippen LogP contribution in [0.4, 0.5) is 4.79 Å². The molecule has 2 aromatic carbocycles. The highest BCUT2D eigenvalue weighted by Gasteiger charge is 2.35. The fourth-order valence-corrected chi connectivity index (χ4v) is 4.81. The number of ether oxygens (including phenoxy) is 2. The second-order valence-electron chi connectivity index (χ2n) is 6.16. The molecular formula is C20H20N2O6S2. The molecule has 1 N–H and O–H groups in total. The van der Waals surface area contributed by atoms with Crippen molar-refractivity contribution in [3.8, 4) is 11.5 Å². The van der Waals surface area contributed by atoms with Gasteiger partial charge in [0.1, 0.15) is 16.4 Å². The van der Waals surface area contributed by atoms with Gasteiger partial charge in [0.2, 0.25) is 10.0 Å². The van der Waals surface area contributed by atoms with Gasteiger partial charge in [-0.3, -0.25) is 14.5 Å². The van der Waals surface area contributed by atoms with Crippen LogP contribution < -0.4 is 14.2 Å². The van der Waals surface area contributed by atoms with Crippen LogP contribution in [-0.4, -0.2) is 51.8 Å². The van der Waals surface area contributed by atoms with E-state index in [9.17, 15) is 18.0 Å². The summed E-state index contributed by atoms with van der Waals surface area (Å²) in [6.07, 6.45) is 1.61. The van der Waals surface area contributed by atoms with Gasteiger partial charge in [-0.25, -0.2) is 13.1 Å². The molecule has 0 unspecified atom stereocenters. The molecule has 0 bridgehead atoms. The number of hydrogen-bond acceptors (Lipinski definition) is 7. The molecule has 0 aromatic heterocycles. The number of rotatable bonds is 8. The Hall–Kier alpha value is -2.82. The summed E-state index contributed by atoms with van der Waals surface area (Å²) in [5.41, 5.74) is 0.748. The Morgan fingerprint density at radius 1 is 1.03 bits per heavy atom. The predicted molar refractivity (Wildman–Crippen MR) is 114 cm³/mol. The number of thioether (sulfide) groups is 1. The van der Waals surface area contributed by atoms with Crippen LogP contribution in [0.15, 0.2) is 58.3 Å². The van der Waals surface area contributed by atoms with E-state index in [1.165, 1.54) is 19.2 Å². The van der Waals surface area contributed by atoms with E-state index in [1.54, 1.807) is 49.6 Å². The molecule has 10 heteroatoms. The fourth-order valence-electron chi connectivity index (χ4n) is 2.75. The molecule has 158 valence electrons. The highest BCUT2D eigenvalue weighted by atomic mass is 32.2. The molecule has 3 rings (SSSR count). The van der Waals surface area contributed by atoms with Crippen molar-refractivity contribution in [2.75, 3.05) is 27.3 Å². The van der Waals surface area contributed by atoms with Crippen LogP contribution in [0.1, 0.15) is 5.56 Å². The SMILES string of the molecule is COc1ccc(C=C2SC(=O)N(CCNS(=O)(=O)c3ccccc3OC)C2=O)cc1. The van der Waals surface area contributed by atoms with Gasteiger partial charge in [-0.05, 0) is 47.7 Å². The molecule has 0 spiro atoms. The summed E-state index contributed by atoms with van der Waals surface area (Å²) in [4.78, 5) is 26.1. The van der Waals surface area contributed by atoms with E-state index in [1.807, 2.05) is 0 Å². The highest BCUT2D eigenvalue weighted by molar-refractivity contribution is 8.18. The summed E-state index contributed by atoms with van der Waals surface area (Å²) < 4.78 is 37.6. The molecule has 0 radical (unpaired) electrons. The van der Waals surface area contributed by atoms with E-state index in [0.717, 1.165) is 22.2 Å². The van der Waals surface area contributed by atoms with Crippen molar-refractivity contribution in [1.82, 2.24) is 9.62 Å². The zero-order valence-electron chi connectivity index (χ0n) is 16.3. The Morgan fingerprint density at radius 2 is 1.73 bits per heavy atom. The van der Waals surface area contributed by atoms with Gasteiger partial charge in [-0.1, -0.05) is 24.3 Å². The van der Waals surface area contributed by atoms with E-state index in [-0.39, 0.29) is 28.6 Å². The third-order valence-electron chi connectivity index (χ3n) is 4.27. The van der Waals surface area contributed by atoms with Crippen molar-refractivity contribution in [1.29, 1.82) is 0 Å². The minimum Gasteiger partial charge on any atom is -0.497 e. The van der Waals surface area contributed by atoms with Crippen LogP contribution in [0.3, 0.4) is 0 Å². The molecule has 2 aromatic rings. The van der Waals surface area contributed by atoms with Crippen LogP contribution in [0.5, 0.6) is 11.5 Å². The lowest BCUT2D eigenvalue weighted by Gasteiger charge is -2.14. The molecule has 1 saturated heterocycles. The Bertz CT molecular complexity index is 1080. The largest absolute Gasteiger partial charge is 0.497 e. The molecule has 1 heterocycles. The van der Waals surface area contributed by atoms with Crippen molar-refractivity contribution < 1.29 is 27.5 Å². The molecule has 1 aliphatic rings. The predicted octanol–water partition coefficient (Wildman–Crippen LogP) is 2.72. The second kappa shape index (κ2) is 9.33. The standard InChI is InChI=1S/C20H20N2O6S2/c1-27-15-9-7-14(8-10-15)13-17-19(23)22(20(24)29-17)12-11-21-30(25,26)18-6-4-3-5-16(18)28-2/h3-10,13,21H,11-12H2,1-2H3. The Kier molecular flexibility index (Phi) is 6.80. The first-order valence-electron chi connectivity index (χ1n) is 8.88. The first kappa shape index (κ1) is 21.9. The minimum absolute atomic E-state index is 0.0129. The molecular weight excluding hydrogens is 428 g/mol. The van der Waals surface area contributed by atoms with Gasteiger partial charge < -0.3 is 9.47 Å². The molecule has 8 nitrogen and oxygen atoms in total. The number of methoxy groups -OCH3 is 2. The summed E-state index contributed by atoms with van der Waals surface area (Å²) in [6, 6.07) is 13.2. The third-order valence-corrected chi connectivity index (χ3v) is 6.68. The van der Waals surface area contributed by atoms with Crippen molar-refractivity contribution in [2.24, 2.45) is 0 Å². The number of nitrogens with zero attached hydrogens (tertiary/aromatic N) is 1. The molecule has 0 atom stereocenters. The second-order valence-corrected chi connectivity index (χ2v) is 8.88. The summed E-state index contributed by atoms with van der Waals surface area (Å²) >= 11 is 0.817. The van der Waals surface area contributed by atoms with Gasteiger partial charge in [-0.15, -0.1) is 0 Å². The lowest BCUT2D eigenvalue weighted by atomic mass is 10.2. The molecule has 2 amide bonds. The topological polar surface area (TPSA) is 102 Å². The summed E-state index contributed by atoms with van der Waals surface area (Å²) in [5, 5.41) is -0.448. The lowest BCUT2D eigenvalue weighted by molar-refractivity contribution is -0.122. The van der Waals surface area contributed by atoms with Crippen molar-refractivity contribution in [3.63, 3.8) is 0 Å². The van der Waals surface area contributed by atoms with Crippen LogP contribution in [0.2, 0.25) is 0 Å². The number of sulfonamides is 1. The van der Waals surface area contributed by atoms with Gasteiger partial charge in [0.25, 0.3) is 11.1 Å². The van der Waals surface area contributed by atoms with E-state index >= 15 is 0 Å². The zero-order chi connectivity index (χ0) is 21.7. The molecule has 1 aliphatic heterocycles. The number of carbonyl (C=O) groups is 2. The molecule has 0 saturated carbocycles. The van der Waals surface area contributed by atoms with Crippen molar-refractivity contribution in [2.45, 2.75) is 4.90 Å². The maximum Gasteiger partial charge on any atom is 0.293 e. The smallest absolute Gasteiger partial charge is 0.293 e. The first-order chi connectivity index (χ1) is 14.4. The maximum atomic E-state index is 12.6. The Labute approximate surface area is 178 Å². The monoisotopic (exact) mass is 448 g/mol. The minimum atomic E-state index is -3.86. The highest BCUT2D eigenvalue weighted by Crippen LogP contribution is 2.32. The number of imide groups is 1. The maximum absolute atomic E-state index is 12.6. The van der Waals surface area contributed by atoms with Crippen LogP contribution in [-0.2, 0) is 14.8 Å². The van der Waals surface area contributed by atoms with Crippen molar-refractivity contribution in [3.05, 3.63) is 59.0 Å². The third kappa shape index (κ3) is 4.84. The number of hydrogen-bond donors (Lipinski definition) is 1. The first-order valence-corrected chi connectivity index (χ1v) is 11.2. The number of carbonyl (C=O) groups excluding carboxylic acids is 2. The molecule has 0 aliphatic carbocycles. The summed E-state index contributed by atoms with van der Waals surface area (Å²) in [6.45, 7) is -0.201. The fraction of sp³-hybridized carbons (Fsp3) is 0.200. The van der Waals surface area contributed by atoms with Gasteiger partial charge in [0.15, 0.2) is 0 Å². The van der Waals surface area contributed by atoms with Crippen LogP contribution >= 0.6 is 11.8 Å². The normalized spacial score (nSPS) is 15.7. The van der Waals surface area contributed by atoms with Gasteiger partial charge in [-0.2, -0.15) is 0 Å². The molecule has 1 fully saturated rings. The van der Waals surface area contributed by atoms with E-state index in [4.69, 9.17) is 9.47 Å². The quantitative estimate of drug-likeness (QED) is 0.620. The summed E-state index contributed by atoms with van der Waals surface area (Å²) in [7, 11) is -0.919. The number of amides is 2. The van der Waals surface area contributed by atoms with Gasteiger partial charge >= 0.3 is 0 Å². The average Bonchev–Trinajstić information content (AvgIpc) is 3.01. The van der Waals surface area contributed by atoms with E-state index in [2.05, 4.69) is 4.72 Å². The number of benzene rings is 2.